The highest BCUT2D eigenvalue weighted by atomic mass is 32.1. The summed E-state index contributed by atoms with van der Waals surface area (Å²) in [6, 6.07) is 150. The van der Waals surface area contributed by atoms with Crippen molar-refractivity contribution in [3.63, 3.8) is 0 Å². The fraction of sp³-hybridized carbons (Fsp3) is 0. The first-order chi connectivity index (χ1) is 57.5. The van der Waals surface area contributed by atoms with Gasteiger partial charge in [0, 0.05) is 77.1 Å². The molecule has 0 atom stereocenters. The van der Waals surface area contributed by atoms with Crippen molar-refractivity contribution in [2.75, 3.05) is 4.90 Å². The van der Waals surface area contributed by atoms with E-state index in [9.17, 15) is 0 Å². The summed E-state index contributed by atoms with van der Waals surface area (Å²) in [5.41, 5.74) is 35.1. The van der Waals surface area contributed by atoms with Gasteiger partial charge in [-0.3, -0.25) is 0 Å². The Kier molecular flexibility index (Phi) is 15.7. The van der Waals surface area contributed by atoms with Gasteiger partial charge in [-0.25, -0.2) is 0 Å². The molecule has 18 aromatic carbocycles. The van der Waals surface area contributed by atoms with Crippen LogP contribution in [0.25, 0.3) is 204 Å². The molecule has 0 N–H and O–H groups in total. The smallest absolute Gasteiger partial charge is 0.136 e. The van der Waals surface area contributed by atoms with Gasteiger partial charge in [-0.2, -0.15) is 8.75 Å². The average molecular weight is 1500 g/mol. The van der Waals surface area contributed by atoms with Gasteiger partial charge in [-0.05, 0) is 217 Å². The predicted octanol–water partition coefficient (Wildman–Crippen LogP) is 29.7. The van der Waals surface area contributed by atoms with E-state index in [4.69, 9.17) is 13.2 Å². The second-order valence-electron chi connectivity index (χ2n) is 30.1. The number of hydrogen-bond donors (Lipinski definition) is 0. The second-order valence-corrected chi connectivity index (χ2v) is 30.6. The molecule has 0 unspecified atom stereocenters. The molecule has 0 radical (unpaired) electrons. The number of aromatic nitrogens is 5. The SMILES string of the molecule is c1ccc(-c2ccc(-n3c4ccccc4c4ccc(-c5ccc(-c6ccc7c(c6)c6cc(-c8ccc(-c9ccc%10c%11ccccc%11n(-c%11ccc(-c%12ccccc%12)cc%11)c%10c9)cc8)ccc6n7-c6ccc(-c7ccc(N(c8ccccc8)c8ccc(-c9cccc%10oc%11ccccc%11c9%10)cc8)c8nsnc78)cc6)cc5)cc43)cc2)cc1. The molecule has 0 bridgehead atoms. The van der Waals surface area contributed by atoms with Gasteiger partial charge >= 0.3 is 0 Å². The van der Waals surface area contributed by atoms with Gasteiger partial charge < -0.3 is 23.0 Å². The molecule has 23 aromatic rings. The monoisotopic (exact) mass is 1500 g/mol. The molecule has 23 rings (SSSR count). The lowest BCUT2D eigenvalue weighted by Gasteiger charge is -2.26. The maximum atomic E-state index is 6.31. The fourth-order valence-corrected chi connectivity index (χ4v) is 18.5. The molecule has 5 aromatic heterocycles. The summed E-state index contributed by atoms with van der Waals surface area (Å²) in [5.74, 6) is 0. The van der Waals surface area contributed by atoms with E-state index in [1.54, 1.807) is 0 Å². The van der Waals surface area contributed by atoms with Gasteiger partial charge in [0.15, 0.2) is 0 Å². The van der Waals surface area contributed by atoms with Gasteiger partial charge in [0.1, 0.15) is 22.2 Å². The van der Waals surface area contributed by atoms with Crippen LogP contribution in [-0.2, 0) is 0 Å². The Morgan fingerprint density at radius 2 is 0.569 bits per heavy atom. The number of hydrogen-bond acceptors (Lipinski definition) is 5. The Bertz CT molecular complexity index is 7450. The van der Waals surface area contributed by atoms with Crippen LogP contribution in [0.4, 0.5) is 17.1 Å². The zero-order chi connectivity index (χ0) is 76.3. The molecule has 0 fully saturated rings. The number of rotatable bonds is 14. The van der Waals surface area contributed by atoms with Crippen LogP contribution >= 0.6 is 11.7 Å². The minimum atomic E-state index is 0.836. The van der Waals surface area contributed by atoms with E-state index < -0.39 is 0 Å². The van der Waals surface area contributed by atoms with Gasteiger partial charge in [-0.1, -0.05) is 279 Å². The highest BCUT2D eigenvalue weighted by Gasteiger charge is 2.24. The summed E-state index contributed by atoms with van der Waals surface area (Å²) < 4.78 is 23.7. The van der Waals surface area contributed by atoms with Crippen molar-refractivity contribution in [3.8, 4) is 106 Å². The summed E-state index contributed by atoms with van der Waals surface area (Å²) in [6.07, 6.45) is 0. The summed E-state index contributed by atoms with van der Waals surface area (Å²) >= 11 is 1.25. The maximum Gasteiger partial charge on any atom is 0.136 e. The lowest BCUT2D eigenvalue weighted by molar-refractivity contribution is 0.669. The number of benzene rings is 18. The van der Waals surface area contributed by atoms with Crippen LogP contribution in [0.5, 0.6) is 0 Å². The van der Waals surface area contributed by atoms with Crippen LogP contribution in [0, 0.1) is 0 Å². The van der Waals surface area contributed by atoms with E-state index in [2.05, 4.69) is 419 Å². The average Bonchev–Trinajstić information content (AvgIpc) is 1.59. The molecular formula is C108H68N6OS. The van der Waals surface area contributed by atoms with Crippen LogP contribution in [0.2, 0.25) is 0 Å². The molecule has 8 heteroatoms. The normalized spacial score (nSPS) is 11.8. The summed E-state index contributed by atoms with van der Waals surface area (Å²) in [6.45, 7) is 0. The van der Waals surface area contributed by atoms with Crippen molar-refractivity contribution in [2.45, 2.75) is 0 Å². The fourth-order valence-electron chi connectivity index (χ4n) is 18.0. The summed E-state index contributed by atoms with van der Waals surface area (Å²) in [7, 11) is 0. The third-order valence-corrected chi connectivity index (χ3v) is 24.1. The van der Waals surface area contributed by atoms with Crippen LogP contribution in [0.3, 0.4) is 0 Å². The third kappa shape index (κ3) is 11.2. The minimum Gasteiger partial charge on any atom is -0.456 e. The van der Waals surface area contributed by atoms with Gasteiger partial charge in [-0.15, -0.1) is 0 Å². The van der Waals surface area contributed by atoms with Gasteiger partial charge in [0.25, 0.3) is 0 Å². The molecule has 0 amide bonds. The Balaban J connectivity index is 0.599. The van der Waals surface area contributed by atoms with E-state index in [0.29, 0.717) is 0 Å². The molecular weight excluding hydrogens is 1430 g/mol. The van der Waals surface area contributed by atoms with E-state index in [1.807, 2.05) is 12.1 Å². The van der Waals surface area contributed by atoms with Crippen molar-refractivity contribution in [2.24, 2.45) is 0 Å². The Morgan fingerprint density at radius 1 is 0.216 bits per heavy atom. The van der Waals surface area contributed by atoms with Crippen molar-refractivity contribution in [3.05, 3.63) is 413 Å². The van der Waals surface area contributed by atoms with E-state index >= 15 is 0 Å². The van der Waals surface area contributed by atoms with E-state index in [0.717, 1.165) is 145 Å². The first kappa shape index (κ1) is 66.6. The molecule has 116 heavy (non-hydrogen) atoms. The van der Waals surface area contributed by atoms with Crippen molar-refractivity contribution in [1.82, 2.24) is 22.4 Å². The predicted molar refractivity (Wildman–Crippen MR) is 486 cm³/mol. The van der Waals surface area contributed by atoms with E-state index in [1.165, 1.54) is 88.4 Å². The zero-order valence-corrected chi connectivity index (χ0v) is 63.6. The molecule has 0 aliphatic rings. The Labute approximate surface area is 672 Å². The molecule has 542 valence electrons. The van der Waals surface area contributed by atoms with Crippen molar-refractivity contribution >= 4 is 127 Å². The largest absolute Gasteiger partial charge is 0.456 e. The first-order valence-corrected chi connectivity index (χ1v) is 40.1. The molecule has 7 nitrogen and oxygen atoms in total. The number of fused-ring (bicyclic) bond motifs is 13. The summed E-state index contributed by atoms with van der Waals surface area (Å²) in [4.78, 5) is 2.29. The quantitative estimate of drug-likeness (QED) is 0.109. The highest BCUT2D eigenvalue weighted by Crippen LogP contribution is 2.47. The van der Waals surface area contributed by atoms with Crippen LogP contribution in [0.1, 0.15) is 0 Å². The molecule has 0 aliphatic heterocycles. The molecule has 5 heterocycles. The minimum absolute atomic E-state index is 0.836. The maximum absolute atomic E-state index is 6.31. The zero-order valence-electron chi connectivity index (χ0n) is 62.8. The molecule has 0 spiro atoms. The molecule has 0 saturated heterocycles. The number of anilines is 3. The van der Waals surface area contributed by atoms with Gasteiger partial charge in [0.2, 0.25) is 0 Å². The topological polar surface area (TPSA) is 57.0 Å². The van der Waals surface area contributed by atoms with E-state index in [-0.39, 0.29) is 0 Å². The summed E-state index contributed by atoms with van der Waals surface area (Å²) in [5, 5.41) is 9.50. The second kappa shape index (κ2) is 27.3. The van der Waals surface area contributed by atoms with Crippen LogP contribution in [-0.4, -0.2) is 22.4 Å². The number of furan rings is 1. The molecule has 0 aliphatic carbocycles. The standard InChI is InChI=1S/C108H68N6OS/c1-4-17-69(18-5-1)71-39-51-86(52-40-71)113-97-27-13-10-23-90(97)92-59-47-81(67-102(92)113)75-35-31-73(32-36-75)79-49-62-99-95(65-79)96-66-80(74-33-37-76(38-34-74)82-48-60-93-91-24-11-14-28-98(91)114(103(93)68-82)87-53-41-72(42-54-87)70-19-6-2-7-20-70)50-63-100(96)112(99)85-57-45-78(46-58-85)89-61-64-101(108-107(89)109-116-110-108)111(83-21-8-3-9-22-83)84-55-43-77(44-56-84)88-26-16-30-105-106(88)94-25-12-15-29-104(94)115-105/h1-68H. The third-order valence-electron chi connectivity index (χ3n) is 23.6. The van der Waals surface area contributed by atoms with Crippen molar-refractivity contribution < 1.29 is 4.42 Å². The molecule has 0 saturated carbocycles. The number of para-hydroxylation sites is 4. The Morgan fingerprint density at radius 3 is 1.09 bits per heavy atom. The van der Waals surface area contributed by atoms with Crippen LogP contribution in [0.15, 0.2) is 417 Å². The van der Waals surface area contributed by atoms with Crippen molar-refractivity contribution in [1.29, 1.82) is 0 Å². The highest BCUT2D eigenvalue weighted by molar-refractivity contribution is 7.00. The van der Waals surface area contributed by atoms with Crippen LogP contribution < -0.4 is 4.90 Å². The lowest BCUT2D eigenvalue weighted by Crippen LogP contribution is -2.10. The number of nitrogens with zero attached hydrogens (tertiary/aromatic N) is 6. The van der Waals surface area contributed by atoms with Gasteiger partial charge in [0.05, 0.1) is 50.5 Å². The first-order valence-electron chi connectivity index (χ1n) is 39.4. The Hall–Kier alpha value is -15.2. The lowest BCUT2D eigenvalue weighted by atomic mass is 9.97.